The van der Waals surface area contributed by atoms with Crippen LogP contribution in [0.25, 0.3) is 0 Å². The summed E-state index contributed by atoms with van der Waals surface area (Å²) in [5.41, 5.74) is 1.10. The van der Waals surface area contributed by atoms with E-state index in [1.165, 1.54) is 0 Å². The Morgan fingerprint density at radius 1 is 1.29 bits per heavy atom. The first kappa shape index (κ1) is 23.0. The number of amides is 1. The van der Waals surface area contributed by atoms with E-state index >= 15 is 0 Å². The second-order valence-corrected chi connectivity index (χ2v) is 6.06. The number of hydrogen-bond acceptors (Lipinski definition) is 4. The van der Waals surface area contributed by atoms with Crippen LogP contribution in [0, 0.1) is 5.92 Å². The summed E-state index contributed by atoms with van der Waals surface area (Å²) in [5, 5.41) is 6.21. The van der Waals surface area contributed by atoms with E-state index in [1.54, 1.807) is 0 Å². The highest BCUT2D eigenvalue weighted by atomic mass is 35.5. The zero-order chi connectivity index (χ0) is 15.8. The molecule has 1 saturated heterocycles. The fraction of sp³-hybridized carbons (Fsp3) is 0.588. The predicted octanol–water partition coefficient (Wildman–Crippen LogP) is 2.09. The van der Waals surface area contributed by atoms with Crippen molar-refractivity contribution in [1.82, 2.24) is 15.5 Å². The first-order valence-corrected chi connectivity index (χ1v) is 8.00. The lowest BCUT2D eigenvalue weighted by Crippen LogP contribution is -2.31. The number of ether oxygens (including phenoxy) is 1. The minimum Gasteiger partial charge on any atom is -0.494 e. The van der Waals surface area contributed by atoms with Gasteiger partial charge in [0, 0.05) is 19.6 Å². The summed E-state index contributed by atoms with van der Waals surface area (Å²) in [5.74, 6) is 1.15. The van der Waals surface area contributed by atoms with Crippen LogP contribution < -0.4 is 15.4 Å². The van der Waals surface area contributed by atoms with Crippen molar-refractivity contribution < 1.29 is 9.53 Å². The van der Waals surface area contributed by atoms with Crippen LogP contribution >= 0.6 is 24.8 Å². The van der Waals surface area contributed by atoms with E-state index in [9.17, 15) is 4.79 Å². The zero-order valence-electron chi connectivity index (χ0n) is 14.4. The molecule has 1 aliphatic rings. The molecule has 1 aliphatic heterocycles. The quantitative estimate of drug-likeness (QED) is 0.681. The van der Waals surface area contributed by atoms with Gasteiger partial charge >= 0.3 is 0 Å². The van der Waals surface area contributed by atoms with Gasteiger partial charge < -0.3 is 20.3 Å². The SMILES string of the molecule is CN(C)CCCOc1ccc(CNC(=O)C2CCNC2)cc1.Cl.Cl. The van der Waals surface area contributed by atoms with Crippen LogP contribution in [0.1, 0.15) is 18.4 Å². The highest BCUT2D eigenvalue weighted by Crippen LogP contribution is 2.13. The Hall–Kier alpha value is -1.01. The maximum Gasteiger partial charge on any atom is 0.224 e. The topological polar surface area (TPSA) is 53.6 Å². The number of carbonyl (C=O) groups is 1. The minimum absolute atomic E-state index is 0. The van der Waals surface area contributed by atoms with Crippen LogP contribution in [0.3, 0.4) is 0 Å². The van der Waals surface area contributed by atoms with Crippen molar-refractivity contribution in [1.29, 1.82) is 0 Å². The third-order valence-corrected chi connectivity index (χ3v) is 3.84. The Morgan fingerprint density at radius 3 is 2.58 bits per heavy atom. The molecule has 2 rings (SSSR count). The van der Waals surface area contributed by atoms with E-state index in [1.807, 2.05) is 24.3 Å². The maximum absolute atomic E-state index is 11.9. The lowest BCUT2D eigenvalue weighted by Gasteiger charge is -2.12. The standard InChI is InChI=1S/C17H27N3O2.2ClH/c1-20(2)10-3-11-22-16-6-4-14(5-7-16)12-19-17(21)15-8-9-18-13-15;;/h4-7,15,18H,3,8-13H2,1-2H3,(H,19,21);2*1H. The summed E-state index contributed by atoms with van der Waals surface area (Å²) >= 11 is 0. The number of nitrogens with zero attached hydrogens (tertiary/aromatic N) is 1. The molecule has 2 N–H and O–H groups in total. The third-order valence-electron chi connectivity index (χ3n) is 3.84. The average Bonchev–Trinajstić information content (AvgIpc) is 3.04. The summed E-state index contributed by atoms with van der Waals surface area (Å²) < 4.78 is 5.70. The second kappa shape index (κ2) is 12.4. The lowest BCUT2D eigenvalue weighted by atomic mass is 10.1. The van der Waals surface area contributed by atoms with Crippen LogP contribution in [-0.4, -0.2) is 51.1 Å². The van der Waals surface area contributed by atoms with Gasteiger partial charge in [0.15, 0.2) is 0 Å². The molecular weight excluding hydrogens is 349 g/mol. The number of benzene rings is 1. The first-order chi connectivity index (χ1) is 10.6. The van der Waals surface area contributed by atoms with Crippen LogP contribution in [0.5, 0.6) is 5.75 Å². The summed E-state index contributed by atoms with van der Waals surface area (Å²) in [4.78, 5) is 14.1. The van der Waals surface area contributed by atoms with Gasteiger partial charge in [-0.15, -0.1) is 24.8 Å². The number of carbonyl (C=O) groups excluding carboxylic acids is 1. The van der Waals surface area contributed by atoms with E-state index in [2.05, 4.69) is 29.6 Å². The molecule has 1 atom stereocenters. The Morgan fingerprint density at radius 2 is 2.00 bits per heavy atom. The van der Waals surface area contributed by atoms with Crippen molar-refractivity contribution in [3.63, 3.8) is 0 Å². The molecule has 0 aliphatic carbocycles. The molecule has 1 aromatic rings. The maximum atomic E-state index is 11.9. The largest absolute Gasteiger partial charge is 0.494 e. The zero-order valence-corrected chi connectivity index (χ0v) is 16.0. The van der Waals surface area contributed by atoms with Crippen LogP contribution in [0.2, 0.25) is 0 Å². The first-order valence-electron chi connectivity index (χ1n) is 8.00. The number of halogens is 2. The molecule has 24 heavy (non-hydrogen) atoms. The molecule has 7 heteroatoms. The van der Waals surface area contributed by atoms with Gasteiger partial charge in [0.25, 0.3) is 0 Å². The molecule has 1 amide bonds. The van der Waals surface area contributed by atoms with Gasteiger partial charge in [-0.3, -0.25) is 4.79 Å². The molecular formula is C17H29Cl2N3O2. The van der Waals surface area contributed by atoms with Gasteiger partial charge in [-0.1, -0.05) is 12.1 Å². The molecule has 0 spiro atoms. The summed E-state index contributed by atoms with van der Waals surface area (Å²) in [6.07, 6.45) is 1.95. The molecule has 1 heterocycles. The van der Waals surface area contributed by atoms with Gasteiger partial charge in [0.1, 0.15) is 5.75 Å². The van der Waals surface area contributed by atoms with Crippen molar-refractivity contribution in [3.05, 3.63) is 29.8 Å². The molecule has 1 aromatic carbocycles. The van der Waals surface area contributed by atoms with E-state index in [0.29, 0.717) is 6.54 Å². The van der Waals surface area contributed by atoms with Crippen LogP contribution in [-0.2, 0) is 11.3 Å². The Labute approximate surface area is 157 Å². The summed E-state index contributed by atoms with van der Waals surface area (Å²) in [7, 11) is 4.12. The number of nitrogens with one attached hydrogen (secondary N) is 2. The van der Waals surface area contributed by atoms with Crippen molar-refractivity contribution in [3.8, 4) is 5.75 Å². The molecule has 138 valence electrons. The Bertz CT molecular complexity index is 463. The average molecular weight is 378 g/mol. The van der Waals surface area contributed by atoms with Gasteiger partial charge in [-0.05, 0) is 51.2 Å². The van der Waals surface area contributed by atoms with Crippen molar-refractivity contribution >= 4 is 30.7 Å². The van der Waals surface area contributed by atoms with Crippen molar-refractivity contribution in [2.45, 2.75) is 19.4 Å². The van der Waals surface area contributed by atoms with Crippen molar-refractivity contribution in [2.24, 2.45) is 5.92 Å². The monoisotopic (exact) mass is 377 g/mol. The highest BCUT2D eigenvalue weighted by molar-refractivity contribution is 5.85. The molecule has 0 bridgehead atoms. The van der Waals surface area contributed by atoms with E-state index in [0.717, 1.165) is 50.4 Å². The fourth-order valence-electron chi connectivity index (χ4n) is 2.49. The van der Waals surface area contributed by atoms with E-state index < -0.39 is 0 Å². The molecule has 0 aromatic heterocycles. The van der Waals surface area contributed by atoms with Crippen molar-refractivity contribution in [2.75, 3.05) is 40.3 Å². The fourth-order valence-corrected chi connectivity index (χ4v) is 2.49. The molecule has 0 saturated carbocycles. The Kier molecular flexibility index (Phi) is 11.8. The lowest BCUT2D eigenvalue weighted by molar-refractivity contribution is -0.124. The Balaban J connectivity index is 0.00000264. The van der Waals surface area contributed by atoms with Gasteiger partial charge in [0.2, 0.25) is 5.91 Å². The molecule has 1 unspecified atom stereocenters. The molecule has 0 radical (unpaired) electrons. The number of hydrogen-bond donors (Lipinski definition) is 2. The predicted molar refractivity (Wildman–Crippen MR) is 102 cm³/mol. The highest BCUT2D eigenvalue weighted by Gasteiger charge is 2.21. The van der Waals surface area contributed by atoms with Gasteiger partial charge in [-0.25, -0.2) is 0 Å². The second-order valence-electron chi connectivity index (χ2n) is 6.06. The number of rotatable bonds is 8. The van der Waals surface area contributed by atoms with Gasteiger partial charge in [0.05, 0.1) is 12.5 Å². The molecule has 1 fully saturated rings. The van der Waals surface area contributed by atoms with E-state index in [-0.39, 0.29) is 36.6 Å². The third kappa shape index (κ3) is 8.20. The molecule has 5 nitrogen and oxygen atoms in total. The minimum atomic E-state index is 0. The van der Waals surface area contributed by atoms with Gasteiger partial charge in [-0.2, -0.15) is 0 Å². The summed E-state index contributed by atoms with van der Waals surface area (Å²) in [6.45, 7) is 4.07. The van der Waals surface area contributed by atoms with Crippen LogP contribution in [0.15, 0.2) is 24.3 Å². The smallest absolute Gasteiger partial charge is 0.224 e. The summed E-state index contributed by atoms with van der Waals surface area (Å²) in [6, 6.07) is 7.95. The normalized spacial score (nSPS) is 16.2. The van der Waals surface area contributed by atoms with E-state index in [4.69, 9.17) is 4.74 Å². The van der Waals surface area contributed by atoms with Crippen LogP contribution in [0.4, 0.5) is 0 Å².